The Balaban J connectivity index is 1.69. The third kappa shape index (κ3) is 2.84. The van der Waals surface area contributed by atoms with Crippen LogP contribution in [0.4, 0.5) is 0 Å². The van der Waals surface area contributed by atoms with Gasteiger partial charge in [0.2, 0.25) is 5.91 Å². The molecular weight excluding hydrogens is 304 g/mol. The van der Waals surface area contributed by atoms with E-state index in [4.69, 9.17) is 4.42 Å². The number of amides is 1. The second-order valence-corrected chi connectivity index (χ2v) is 6.95. The van der Waals surface area contributed by atoms with Gasteiger partial charge in [0.1, 0.15) is 5.58 Å². The molecule has 126 valence electrons. The van der Waals surface area contributed by atoms with Crippen molar-refractivity contribution in [2.24, 2.45) is 5.92 Å². The van der Waals surface area contributed by atoms with Gasteiger partial charge in [-0.05, 0) is 42.5 Å². The Bertz CT molecular complexity index is 842. The number of carbonyl (C=O) groups is 1. The average molecular weight is 326 g/mol. The first-order valence-corrected chi connectivity index (χ1v) is 8.71. The smallest absolute Gasteiger partial charge is 0.336 e. The second-order valence-electron chi connectivity index (χ2n) is 6.95. The number of aryl methyl sites for hydroxylation is 1. The maximum Gasteiger partial charge on any atom is 0.336 e. The minimum atomic E-state index is -0.311. The predicted octanol–water partition coefficient (Wildman–Crippen LogP) is 2.07. The molecule has 0 spiro atoms. The lowest BCUT2D eigenvalue weighted by Crippen LogP contribution is -2.43. The van der Waals surface area contributed by atoms with Crippen molar-refractivity contribution in [1.29, 1.82) is 0 Å². The maximum atomic E-state index is 12.0. The van der Waals surface area contributed by atoms with Gasteiger partial charge >= 0.3 is 5.63 Å². The van der Waals surface area contributed by atoms with Crippen LogP contribution in [0.5, 0.6) is 0 Å². The largest absolute Gasteiger partial charge is 0.423 e. The molecule has 5 heteroatoms. The number of benzene rings is 1. The lowest BCUT2D eigenvalue weighted by molar-refractivity contribution is -0.126. The molecule has 3 aliphatic heterocycles. The quantitative estimate of drug-likeness (QED) is 0.877. The van der Waals surface area contributed by atoms with E-state index in [-0.39, 0.29) is 23.5 Å². The Morgan fingerprint density at radius 1 is 1.21 bits per heavy atom. The van der Waals surface area contributed by atoms with Crippen LogP contribution in [0.2, 0.25) is 0 Å². The van der Waals surface area contributed by atoms with Gasteiger partial charge in [-0.15, -0.1) is 0 Å². The molecule has 2 bridgehead atoms. The third-order valence-electron chi connectivity index (χ3n) is 5.23. The highest BCUT2D eigenvalue weighted by molar-refractivity contribution is 5.81. The fourth-order valence-corrected chi connectivity index (χ4v) is 3.93. The van der Waals surface area contributed by atoms with E-state index in [0.29, 0.717) is 12.1 Å². The van der Waals surface area contributed by atoms with Crippen molar-refractivity contribution in [3.05, 3.63) is 45.8 Å². The molecule has 4 heterocycles. The van der Waals surface area contributed by atoms with E-state index in [2.05, 4.69) is 23.2 Å². The third-order valence-corrected chi connectivity index (χ3v) is 5.23. The van der Waals surface area contributed by atoms with Gasteiger partial charge < -0.3 is 9.73 Å². The summed E-state index contributed by atoms with van der Waals surface area (Å²) in [5, 5.41) is 4.10. The molecule has 0 radical (unpaired) electrons. The van der Waals surface area contributed by atoms with Crippen LogP contribution in [0.3, 0.4) is 0 Å². The molecule has 2 atom stereocenters. The first-order chi connectivity index (χ1) is 11.6. The number of fused-ring (bicyclic) bond motifs is 5. The Morgan fingerprint density at radius 3 is 2.88 bits per heavy atom. The van der Waals surface area contributed by atoms with E-state index in [1.807, 2.05) is 12.1 Å². The van der Waals surface area contributed by atoms with Crippen LogP contribution >= 0.6 is 0 Å². The number of hydrogen-bond donors (Lipinski definition) is 1. The molecular formula is C19H22N2O3. The van der Waals surface area contributed by atoms with Crippen LogP contribution in [0, 0.1) is 5.92 Å². The van der Waals surface area contributed by atoms with Crippen LogP contribution in [-0.4, -0.2) is 29.9 Å². The zero-order valence-electron chi connectivity index (χ0n) is 13.9. The molecule has 5 rings (SSSR count). The topological polar surface area (TPSA) is 62.6 Å². The van der Waals surface area contributed by atoms with Gasteiger partial charge in [0.15, 0.2) is 0 Å². The molecule has 3 aliphatic rings. The maximum absolute atomic E-state index is 12.0. The summed E-state index contributed by atoms with van der Waals surface area (Å²) in [5.41, 5.74) is 2.55. The number of carbonyl (C=O) groups excluding carboxylic acids is 1. The Hall–Kier alpha value is -2.14. The molecule has 2 aromatic rings. The van der Waals surface area contributed by atoms with Crippen LogP contribution in [0.25, 0.3) is 11.0 Å². The summed E-state index contributed by atoms with van der Waals surface area (Å²) in [6.07, 6.45) is 2.95. The van der Waals surface area contributed by atoms with E-state index < -0.39 is 0 Å². The van der Waals surface area contributed by atoms with Crippen molar-refractivity contribution < 1.29 is 9.21 Å². The molecule has 0 saturated carbocycles. The highest BCUT2D eigenvalue weighted by Gasteiger charge is 2.34. The summed E-state index contributed by atoms with van der Waals surface area (Å²) in [5.74, 6) is 0.251. The molecule has 5 nitrogen and oxygen atoms in total. The molecule has 3 fully saturated rings. The van der Waals surface area contributed by atoms with Crippen LogP contribution < -0.4 is 10.9 Å². The van der Waals surface area contributed by atoms with Crippen LogP contribution in [0.15, 0.2) is 33.5 Å². The minimum absolute atomic E-state index is 0.0707. The summed E-state index contributed by atoms with van der Waals surface area (Å²) >= 11 is 0. The molecule has 1 aromatic heterocycles. The van der Waals surface area contributed by atoms with E-state index in [1.165, 1.54) is 5.56 Å². The molecule has 24 heavy (non-hydrogen) atoms. The van der Waals surface area contributed by atoms with E-state index in [9.17, 15) is 9.59 Å². The predicted molar refractivity (Wildman–Crippen MR) is 91.8 cm³/mol. The monoisotopic (exact) mass is 326 g/mol. The summed E-state index contributed by atoms with van der Waals surface area (Å²) in [6.45, 7) is 4.40. The fraction of sp³-hybridized carbons (Fsp3) is 0.474. The standard InChI is InChI=1S/C19H22N2O3/c1-2-12-3-6-17-16(7-12)14(8-18(22)24-17)10-21-9-13-4-5-15(11-21)20-19(13)23/h3,6-8,13,15H,2,4-5,9-11H2,1H3,(H,20,23)/t13-,15+/m1/s1. The first-order valence-electron chi connectivity index (χ1n) is 8.71. The normalized spacial score (nSPS) is 24.1. The minimum Gasteiger partial charge on any atom is -0.423 e. The zero-order chi connectivity index (χ0) is 16.7. The van der Waals surface area contributed by atoms with Crippen molar-refractivity contribution in [3.8, 4) is 0 Å². The van der Waals surface area contributed by atoms with Crippen molar-refractivity contribution in [2.45, 2.75) is 38.8 Å². The number of piperidine rings is 1. The van der Waals surface area contributed by atoms with Gasteiger partial charge in [0.05, 0.1) is 5.92 Å². The summed E-state index contributed by atoms with van der Waals surface area (Å²) in [6, 6.07) is 7.83. The highest BCUT2D eigenvalue weighted by Crippen LogP contribution is 2.26. The lowest BCUT2D eigenvalue weighted by Gasteiger charge is -2.23. The first kappa shape index (κ1) is 15.4. The molecule has 0 unspecified atom stereocenters. The average Bonchev–Trinajstić information content (AvgIpc) is 2.84. The number of rotatable bonds is 3. The SMILES string of the molecule is CCc1ccc2oc(=O)cc(CN3C[C@@H]4CC[C@H](C3)C(=O)N4)c2c1. The van der Waals surface area contributed by atoms with Gasteiger partial charge in [-0.1, -0.05) is 13.0 Å². The zero-order valence-corrected chi connectivity index (χ0v) is 13.9. The van der Waals surface area contributed by atoms with Crippen LogP contribution in [-0.2, 0) is 17.8 Å². The molecule has 0 aliphatic carbocycles. The molecule has 1 N–H and O–H groups in total. The molecule has 1 aromatic carbocycles. The van der Waals surface area contributed by atoms with Gasteiger partial charge in [0.25, 0.3) is 0 Å². The summed E-state index contributed by atoms with van der Waals surface area (Å²) in [4.78, 5) is 26.2. The van der Waals surface area contributed by atoms with Gasteiger partial charge in [0, 0.05) is 37.1 Å². The van der Waals surface area contributed by atoms with Gasteiger partial charge in [-0.25, -0.2) is 4.79 Å². The highest BCUT2D eigenvalue weighted by atomic mass is 16.4. The number of hydrogen-bond acceptors (Lipinski definition) is 4. The van der Waals surface area contributed by atoms with Crippen molar-refractivity contribution in [1.82, 2.24) is 10.2 Å². The summed E-state index contributed by atoms with van der Waals surface area (Å²) < 4.78 is 5.35. The van der Waals surface area contributed by atoms with Crippen LogP contribution in [0.1, 0.15) is 30.9 Å². The second kappa shape index (κ2) is 6.06. The number of nitrogens with zero attached hydrogens (tertiary/aromatic N) is 1. The Morgan fingerprint density at radius 2 is 2.08 bits per heavy atom. The lowest BCUT2D eigenvalue weighted by atomic mass is 9.96. The Labute approximate surface area is 140 Å². The fourth-order valence-electron chi connectivity index (χ4n) is 3.93. The summed E-state index contributed by atoms with van der Waals surface area (Å²) in [7, 11) is 0. The van der Waals surface area contributed by atoms with Gasteiger partial charge in [-0.2, -0.15) is 0 Å². The molecule has 3 saturated heterocycles. The van der Waals surface area contributed by atoms with Crippen molar-refractivity contribution in [3.63, 3.8) is 0 Å². The number of nitrogens with one attached hydrogen (secondary N) is 1. The van der Waals surface area contributed by atoms with Gasteiger partial charge in [-0.3, -0.25) is 9.69 Å². The van der Waals surface area contributed by atoms with E-state index >= 15 is 0 Å². The van der Waals surface area contributed by atoms with Crippen molar-refractivity contribution >= 4 is 16.9 Å². The molecule has 1 amide bonds. The van der Waals surface area contributed by atoms with E-state index in [1.54, 1.807) is 6.07 Å². The Kier molecular flexibility index (Phi) is 3.88. The van der Waals surface area contributed by atoms with Crippen molar-refractivity contribution in [2.75, 3.05) is 13.1 Å². The van der Waals surface area contributed by atoms with E-state index in [0.717, 1.165) is 43.3 Å².